The average Bonchev–Trinajstić information content (AvgIpc) is 3.11. The van der Waals surface area contributed by atoms with Crippen LogP contribution in [0.2, 0.25) is 0 Å². The molecule has 0 aromatic heterocycles. The lowest BCUT2D eigenvalue weighted by atomic mass is 9.83. The van der Waals surface area contributed by atoms with E-state index in [4.69, 9.17) is 9.47 Å². The standard InChI is InChI=1S/C17H28NO2/c1-4-17(3,16-19-12-13-20-16)9-7-8-15(2)14-18-10-5-6-11-18/h4,16H,1,5-13H2,2-3H3/q+1/t17-/m1/s1. The molecular weight excluding hydrogens is 250 g/mol. The van der Waals surface area contributed by atoms with Crippen LogP contribution in [0.25, 0.3) is 0 Å². The van der Waals surface area contributed by atoms with Crippen molar-refractivity contribution in [3.8, 4) is 0 Å². The Labute approximate surface area is 123 Å². The third kappa shape index (κ3) is 4.05. The van der Waals surface area contributed by atoms with Gasteiger partial charge in [0.25, 0.3) is 0 Å². The molecule has 112 valence electrons. The molecule has 2 aliphatic rings. The molecule has 2 aliphatic heterocycles. The van der Waals surface area contributed by atoms with Gasteiger partial charge in [0.05, 0.1) is 13.2 Å². The molecule has 3 heteroatoms. The van der Waals surface area contributed by atoms with Crippen molar-refractivity contribution in [2.24, 2.45) is 5.41 Å². The van der Waals surface area contributed by atoms with Gasteiger partial charge in [-0.25, -0.2) is 0 Å². The molecule has 0 bridgehead atoms. The molecule has 0 radical (unpaired) electrons. The number of allylic oxidation sites excluding steroid dienone is 1. The molecule has 20 heavy (non-hydrogen) atoms. The zero-order valence-corrected chi connectivity index (χ0v) is 13.0. The summed E-state index contributed by atoms with van der Waals surface area (Å²) in [5.41, 5.74) is 1.27. The minimum Gasteiger partial charge on any atom is -0.349 e. The summed E-state index contributed by atoms with van der Waals surface area (Å²) in [7, 11) is 0. The number of hydrogen-bond acceptors (Lipinski definition) is 2. The molecule has 1 atom stereocenters. The van der Waals surface area contributed by atoms with Gasteiger partial charge >= 0.3 is 0 Å². The van der Waals surface area contributed by atoms with Crippen LogP contribution in [0.4, 0.5) is 0 Å². The summed E-state index contributed by atoms with van der Waals surface area (Å²) < 4.78 is 13.6. The minimum atomic E-state index is -0.119. The van der Waals surface area contributed by atoms with E-state index in [1.54, 1.807) is 0 Å². The smallest absolute Gasteiger partial charge is 0.166 e. The third-order valence-corrected chi connectivity index (χ3v) is 4.35. The summed E-state index contributed by atoms with van der Waals surface area (Å²) >= 11 is 0. The van der Waals surface area contributed by atoms with Crippen molar-refractivity contribution in [2.45, 2.75) is 52.2 Å². The first kappa shape index (κ1) is 15.5. The lowest BCUT2D eigenvalue weighted by molar-refractivity contribution is -0.499. The highest BCUT2D eigenvalue weighted by Crippen LogP contribution is 2.34. The average molecular weight is 278 g/mol. The maximum Gasteiger partial charge on any atom is 0.166 e. The van der Waals surface area contributed by atoms with E-state index in [0.717, 1.165) is 19.3 Å². The Morgan fingerprint density at radius 3 is 2.60 bits per heavy atom. The van der Waals surface area contributed by atoms with Gasteiger partial charge in [-0.05, 0) is 26.2 Å². The quantitative estimate of drug-likeness (QED) is 0.550. The SMILES string of the molecule is C=C[C@](C)(CCCC(C)=C=[N+]1CCCC1)C1OCCO1. The second-order valence-corrected chi connectivity index (χ2v) is 6.22. The summed E-state index contributed by atoms with van der Waals surface area (Å²) in [6.45, 7) is 12.1. The third-order valence-electron chi connectivity index (χ3n) is 4.35. The molecule has 2 saturated heterocycles. The van der Waals surface area contributed by atoms with Crippen LogP contribution >= 0.6 is 0 Å². The van der Waals surface area contributed by atoms with Crippen molar-refractivity contribution in [3.05, 3.63) is 18.2 Å². The van der Waals surface area contributed by atoms with Gasteiger partial charge in [-0.15, -0.1) is 6.58 Å². The molecule has 0 N–H and O–H groups in total. The Morgan fingerprint density at radius 1 is 1.35 bits per heavy atom. The van der Waals surface area contributed by atoms with Crippen molar-refractivity contribution in [1.29, 1.82) is 0 Å². The Morgan fingerprint density at radius 2 is 2.00 bits per heavy atom. The van der Waals surface area contributed by atoms with Gasteiger partial charge in [0.2, 0.25) is 0 Å². The molecule has 2 fully saturated rings. The first-order valence-electron chi connectivity index (χ1n) is 7.85. The maximum absolute atomic E-state index is 5.65. The van der Waals surface area contributed by atoms with Crippen LogP contribution in [-0.4, -0.2) is 43.0 Å². The molecule has 0 spiro atoms. The summed E-state index contributed by atoms with van der Waals surface area (Å²) in [5, 5.41) is 0. The van der Waals surface area contributed by atoms with E-state index < -0.39 is 0 Å². The highest BCUT2D eigenvalue weighted by atomic mass is 16.7. The molecule has 0 unspecified atom stereocenters. The summed E-state index contributed by atoms with van der Waals surface area (Å²) in [5.74, 6) is 3.51. The molecule has 0 aromatic carbocycles. The van der Waals surface area contributed by atoms with Crippen LogP contribution in [0, 0.1) is 5.41 Å². The van der Waals surface area contributed by atoms with Crippen molar-refractivity contribution in [3.63, 3.8) is 0 Å². The molecule has 2 rings (SSSR count). The first-order valence-corrected chi connectivity index (χ1v) is 7.85. The Balaban J connectivity index is 1.84. The van der Waals surface area contributed by atoms with Crippen LogP contribution in [0.1, 0.15) is 46.0 Å². The highest BCUT2D eigenvalue weighted by Gasteiger charge is 2.35. The Hall–Kier alpha value is -0.890. The molecule has 3 nitrogen and oxygen atoms in total. The second-order valence-electron chi connectivity index (χ2n) is 6.22. The maximum atomic E-state index is 5.65. The number of hydrogen-bond donors (Lipinski definition) is 0. The molecule has 2 heterocycles. The summed E-state index contributed by atoms with van der Waals surface area (Å²) in [4.78, 5) is 0. The Bertz CT molecular complexity index is 395. The van der Waals surface area contributed by atoms with E-state index in [-0.39, 0.29) is 11.7 Å². The van der Waals surface area contributed by atoms with Crippen LogP contribution in [-0.2, 0) is 9.47 Å². The topological polar surface area (TPSA) is 21.5 Å². The zero-order valence-electron chi connectivity index (χ0n) is 13.0. The largest absolute Gasteiger partial charge is 0.349 e. The van der Waals surface area contributed by atoms with Gasteiger partial charge < -0.3 is 9.47 Å². The molecular formula is C17H28NO2+. The predicted octanol–water partition coefficient (Wildman–Crippen LogP) is 3.14. The van der Waals surface area contributed by atoms with Crippen LogP contribution in [0.15, 0.2) is 18.2 Å². The molecule has 0 aliphatic carbocycles. The fourth-order valence-corrected chi connectivity index (χ4v) is 2.94. The van der Waals surface area contributed by atoms with E-state index in [1.165, 1.54) is 31.5 Å². The second kappa shape index (κ2) is 7.21. The fourth-order valence-electron chi connectivity index (χ4n) is 2.94. The van der Waals surface area contributed by atoms with Crippen LogP contribution in [0.5, 0.6) is 0 Å². The molecule has 0 aromatic rings. The molecule has 0 saturated carbocycles. The molecule has 0 amide bonds. The van der Waals surface area contributed by atoms with E-state index in [9.17, 15) is 0 Å². The number of ether oxygens (including phenoxy) is 2. The van der Waals surface area contributed by atoms with Gasteiger partial charge in [0.1, 0.15) is 0 Å². The Kier molecular flexibility index (Phi) is 5.59. The van der Waals surface area contributed by atoms with Gasteiger partial charge in [-0.3, -0.25) is 0 Å². The lowest BCUT2D eigenvalue weighted by Crippen LogP contribution is -2.31. The van der Waals surface area contributed by atoms with Crippen LogP contribution < -0.4 is 0 Å². The first-order chi connectivity index (χ1) is 9.64. The fraction of sp³-hybridized carbons (Fsp3) is 0.765. The summed E-state index contributed by atoms with van der Waals surface area (Å²) in [6, 6.07) is 0. The summed E-state index contributed by atoms with van der Waals surface area (Å²) in [6.07, 6.45) is 7.75. The van der Waals surface area contributed by atoms with Crippen molar-refractivity contribution in [2.75, 3.05) is 26.3 Å². The number of nitrogens with zero attached hydrogens (tertiary/aromatic N) is 1. The minimum absolute atomic E-state index is 0.0789. The van der Waals surface area contributed by atoms with E-state index in [0.29, 0.717) is 13.2 Å². The van der Waals surface area contributed by atoms with Crippen molar-refractivity contribution >= 4 is 5.87 Å². The van der Waals surface area contributed by atoms with Gasteiger partial charge in [-0.2, -0.15) is 4.58 Å². The highest BCUT2D eigenvalue weighted by molar-refractivity contribution is 5.51. The number of rotatable bonds is 6. The normalized spacial score (nSPS) is 22.6. The van der Waals surface area contributed by atoms with Crippen molar-refractivity contribution in [1.82, 2.24) is 0 Å². The van der Waals surface area contributed by atoms with Crippen LogP contribution in [0.3, 0.4) is 0 Å². The zero-order chi connectivity index (χ0) is 14.4. The monoisotopic (exact) mass is 278 g/mol. The predicted molar refractivity (Wildman–Crippen MR) is 81.3 cm³/mol. The van der Waals surface area contributed by atoms with Crippen molar-refractivity contribution < 1.29 is 14.0 Å². The lowest BCUT2D eigenvalue weighted by Gasteiger charge is -2.30. The van der Waals surface area contributed by atoms with E-state index >= 15 is 0 Å². The van der Waals surface area contributed by atoms with Gasteiger partial charge in [-0.1, -0.05) is 13.0 Å². The van der Waals surface area contributed by atoms with Gasteiger partial charge in [0, 0.05) is 23.8 Å². The van der Waals surface area contributed by atoms with E-state index in [2.05, 4.69) is 30.9 Å². The van der Waals surface area contributed by atoms with E-state index in [1.807, 2.05) is 6.08 Å². The van der Waals surface area contributed by atoms with Gasteiger partial charge in [0.15, 0.2) is 25.2 Å².